The lowest BCUT2D eigenvalue weighted by Gasteiger charge is -2.23. The van der Waals surface area contributed by atoms with E-state index >= 15 is 0 Å². The molecular weight excluding hydrogens is 172 g/mol. The molecule has 1 aliphatic rings. The minimum absolute atomic E-state index is 0.0285. The average Bonchev–Trinajstić information content (AvgIpc) is 2.14. The highest BCUT2D eigenvalue weighted by Gasteiger charge is 2.14. The minimum Gasteiger partial charge on any atom is -0.372 e. The zero-order valence-electron chi connectivity index (χ0n) is 9.22. The maximum Gasteiger partial charge on any atom is 0.117 e. The number of nitrogens with zero attached hydrogens (tertiary/aromatic N) is 1. The third-order valence-electron chi connectivity index (χ3n) is 2.11. The first-order chi connectivity index (χ1) is 6.53. The normalized spacial score (nSPS) is 20.1. The molecule has 1 aliphatic carbocycles. The van der Waals surface area contributed by atoms with E-state index in [1.54, 1.807) is 0 Å². The summed E-state index contributed by atoms with van der Waals surface area (Å²) in [6, 6.07) is 2.26. The topological polar surface area (TPSA) is 35.8 Å². The van der Waals surface area contributed by atoms with Crippen LogP contribution in [-0.4, -0.2) is 5.54 Å². The molecule has 0 aromatic rings. The smallest absolute Gasteiger partial charge is 0.117 e. The van der Waals surface area contributed by atoms with Gasteiger partial charge in [0.2, 0.25) is 0 Å². The molecule has 0 spiro atoms. The van der Waals surface area contributed by atoms with Gasteiger partial charge in [0.1, 0.15) is 11.8 Å². The molecule has 0 fully saturated rings. The predicted octanol–water partition coefficient (Wildman–Crippen LogP) is 2.89. The number of hydrogen-bond acceptors (Lipinski definition) is 2. The molecule has 0 aliphatic heterocycles. The second-order valence-electron chi connectivity index (χ2n) is 4.68. The Hall–Kier alpha value is -1.23. The summed E-state index contributed by atoms with van der Waals surface area (Å²) in [5.41, 5.74) is 1.98. The van der Waals surface area contributed by atoms with Crippen molar-refractivity contribution in [3.05, 3.63) is 23.4 Å². The number of allylic oxidation sites excluding steroid dienone is 4. The van der Waals surface area contributed by atoms with Crippen molar-refractivity contribution in [2.24, 2.45) is 0 Å². The van der Waals surface area contributed by atoms with E-state index in [1.165, 1.54) is 5.57 Å². The molecule has 1 N–H and O–H groups in total. The van der Waals surface area contributed by atoms with Crippen LogP contribution in [0.25, 0.3) is 0 Å². The van der Waals surface area contributed by atoms with Crippen molar-refractivity contribution in [3.8, 4) is 6.07 Å². The molecule has 0 unspecified atom stereocenters. The summed E-state index contributed by atoms with van der Waals surface area (Å²) < 4.78 is 0. The fraction of sp³-hybridized carbons (Fsp3) is 0.583. The van der Waals surface area contributed by atoms with Crippen LogP contribution in [0.2, 0.25) is 0 Å². The molecule has 0 atom stereocenters. The van der Waals surface area contributed by atoms with Gasteiger partial charge in [0.05, 0.1) is 0 Å². The average molecular weight is 190 g/mol. The van der Waals surface area contributed by atoms with Gasteiger partial charge in [-0.2, -0.15) is 5.26 Å². The first-order valence-corrected chi connectivity index (χ1v) is 5.08. The summed E-state index contributed by atoms with van der Waals surface area (Å²) in [4.78, 5) is 0. The van der Waals surface area contributed by atoms with Crippen LogP contribution in [0.4, 0.5) is 0 Å². The molecule has 0 bridgehead atoms. The number of nitrogens with one attached hydrogen (secondary N) is 1. The van der Waals surface area contributed by atoms with Crippen LogP contribution in [0.15, 0.2) is 23.4 Å². The Morgan fingerprint density at radius 1 is 1.43 bits per heavy atom. The van der Waals surface area contributed by atoms with Crippen molar-refractivity contribution < 1.29 is 0 Å². The molecule has 14 heavy (non-hydrogen) atoms. The van der Waals surface area contributed by atoms with E-state index in [-0.39, 0.29) is 5.54 Å². The molecular formula is C12H18N2. The van der Waals surface area contributed by atoms with Gasteiger partial charge in [-0.25, -0.2) is 0 Å². The Morgan fingerprint density at radius 2 is 2.14 bits per heavy atom. The monoisotopic (exact) mass is 190 g/mol. The van der Waals surface area contributed by atoms with E-state index in [2.05, 4.69) is 44.3 Å². The lowest BCUT2D eigenvalue weighted by molar-refractivity contribution is 0.476. The molecule has 0 aromatic heterocycles. The standard InChI is InChI=1S/C12H18N2/c1-12(2,3)14-11(9-13)10-7-5-4-6-8-10/h4-5,14H,6-8H2,1-3H3/b11-10-. The van der Waals surface area contributed by atoms with Crippen LogP contribution in [0.5, 0.6) is 0 Å². The van der Waals surface area contributed by atoms with E-state index in [1.807, 2.05) is 0 Å². The van der Waals surface area contributed by atoms with Crippen molar-refractivity contribution in [3.63, 3.8) is 0 Å². The summed E-state index contributed by atoms with van der Waals surface area (Å²) in [6.07, 6.45) is 7.32. The van der Waals surface area contributed by atoms with Gasteiger partial charge in [-0.05, 0) is 45.6 Å². The molecule has 0 amide bonds. The quantitative estimate of drug-likeness (QED) is 0.510. The van der Waals surface area contributed by atoms with Crippen molar-refractivity contribution in [2.45, 2.75) is 45.6 Å². The zero-order valence-corrected chi connectivity index (χ0v) is 9.22. The summed E-state index contributed by atoms with van der Waals surface area (Å²) in [5, 5.41) is 12.3. The Bertz CT molecular complexity index is 297. The molecule has 0 aromatic carbocycles. The highest BCUT2D eigenvalue weighted by molar-refractivity contribution is 5.30. The molecule has 0 radical (unpaired) electrons. The van der Waals surface area contributed by atoms with Crippen molar-refractivity contribution >= 4 is 0 Å². The van der Waals surface area contributed by atoms with Crippen LogP contribution >= 0.6 is 0 Å². The maximum absolute atomic E-state index is 9.05. The Labute approximate surface area is 86.3 Å². The Kier molecular flexibility index (Phi) is 3.35. The lowest BCUT2D eigenvalue weighted by atomic mass is 9.98. The molecule has 76 valence electrons. The second-order valence-corrected chi connectivity index (χ2v) is 4.68. The Balaban J connectivity index is 2.80. The summed E-state index contributed by atoms with van der Waals surface area (Å²) in [7, 11) is 0. The van der Waals surface area contributed by atoms with Crippen molar-refractivity contribution in [1.29, 1.82) is 5.26 Å². The van der Waals surface area contributed by atoms with Gasteiger partial charge in [0.25, 0.3) is 0 Å². The molecule has 0 saturated heterocycles. The largest absolute Gasteiger partial charge is 0.372 e. The van der Waals surface area contributed by atoms with E-state index in [4.69, 9.17) is 5.26 Å². The summed E-state index contributed by atoms with van der Waals surface area (Å²) in [6.45, 7) is 6.22. The number of hydrogen-bond donors (Lipinski definition) is 1. The minimum atomic E-state index is -0.0285. The van der Waals surface area contributed by atoms with Crippen LogP contribution < -0.4 is 5.32 Å². The van der Waals surface area contributed by atoms with Gasteiger partial charge in [0.15, 0.2) is 0 Å². The molecule has 0 saturated carbocycles. The van der Waals surface area contributed by atoms with E-state index < -0.39 is 0 Å². The second kappa shape index (κ2) is 4.32. The van der Waals surface area contributed by atoms with E-state index in [0.717, 1.165) is 25.0 Å². The summed E-state index contributed by atoms with van der Waals surface area (Å²) in [5.74, 6) is 0. The highest BCUT2D eigenvalue weighted by atomic mass is 15.0. The third kappa shape index (κ3) is 3.26. The number of nitriles is 1. The molecule has 0 heterocycles. The first-order valence-electron chi connectivity index (χ1n) is 5.08. The third-order valence-corrected chi connectivity index (χ3v) is 2.11. The maximum atomic E-state index is 9.05. The van der Waals surface area contributed by atoms with Gasteiger partial charge in [0, 0.05) is 5.54 Å². The SMILES string of the molecule is CC(C)(C)N/C(C#N)=C1/CC=CCC1. The fourth-order valence-electron chi connectivity index (χ4n) is 1.50. The zero-order chi connectivity index (χ0) is 10.6. The van der Waals surface area contributed by atoms with Gasteiger partial charge < -0.3 is 5.32 Å². The van der Waals surface area contributed by atoms with Crippen LogP contribution in [0, 0.1) is 11.3 Å². The molecule has 2 nitrogen and oxygen atoms in total. The van der Waals surface area contributed by atoms with Crippen LogP contribution in [0.1, 0.15) is 40.0 Å². The van der Waals surface area contributed by atoms with Gasteiger partial charge in [-0.3, -0.25) is 0 Å². The van der Waals surface area contributed by atoms with Crippen molar-refractivity contribution in [2.75, 3.05) is 0 Å². The van der Waals surface area contributed by atoms with Crippen LogP contribution in [-0.2, 0) is 0 Å². The number of rotatable bonds is 1. The van der Waals surface area contributed by atoms with Gasteiger partial charge in [-0.15, -0.1) is 0 Å². The molecule has 1 rings (SSSR count). The van der Waals surface area contributed by atoms with E-state index in [9.17, 15) is 0 Å². The van der Waals surface area contributed by atoms with Crippen molar-refractivity contribution in [1.82, 2.24) is 5.32 Å². The van der Waals surface area contributed by atoms with Crippen LogP contribution in [0.3, 0.4) is 0 Å². The predicted molar refractivity (Wildman–Crippen MR) is 58.5 cm³/mol. The first kappa shape index (κ1) is 10.8. The van der Waals surface area contributed by atoms with Gasteiger partial charge in [-0.1, -0.05) is 12.2 Å². The Morgan fingerprint density at radius 3 is 2.57 bits per heavy atom. The molecule has 2 heteroatoms. The summed E-state index contributed by atoms with van der Waals surface area (Å²) >= 11 is 0. The van der Waals surface area contributed by atoms with E-state index in [0.29, 0.717) is 0 Å². The lowest BCUT2D eigenvalue weighted by Crippen LogP contribution is -2.35. The fourth-order valence-corrected chi connectivity index (χ4v) is 1.50. The van der Waals surface area contributed by atoms with Gasteiger partial charge >= 0.3 is 0 Å². The highest BCUT2D eigenvalue weighted by Crippen LogP contribution is 2.20.